The number of halogens is 3. The fourth-order valence-electron chi connectivity index (χ4n) is 2.96. The number of nitro groups is 1. The van der Waals surface area contributed by atoms with E-state index in [0.717, 1.165) is 0 Å². The van der Waals surface area contributed by atoms with Crippen LogP contribution in [-0.2, 0) is 4.79 Å². The topological polar surface area (TPSA) is 173 Å². The van der Waals surface area contributed by atoms with Gasteiger partial charge in [-0.05, 0) is 25.1 Å². The van der Waals surface area contributed by atoms with Gasteiger partial charge in [-0.3, -0.25) is 15.4 Å². The van der Waals surface area contributed by atoms with Crippen molar-refractivity contribution in [2.75, 3.05) is 12.4 Å². The minimum atomic E-state index is -5.08. The van der Waals surface area contributed by atoms with Crippen LogP contribution in [0.25, 0.3) is 21.8 Å². The summed E-state index contributed by atoms with van der Waals surface area (Å²) in [6.07, 6.45) is -5.08. The fraction of sp³-hybridized carbons (Fsp3) is 0.150. The van der Waals surface area contributed by atoms with Gasteiger partial charge in [0.1, 0.15) is 16.7 Å². The Morgan fingerprint density at radius 3 is 2.31 bits per heavy atom. The van der Waals surface area contributed by atoms with Gasteiger partial charge in [-0.2, -0.15) is 18.2 Å². The largest absolute Gasteiger partial charge is 0.494 e. The molecule has 3 N–H and O–H groups in total. The highest BCUT2D eigenvalue weighted by Crippen LogP contribution is 2.34. The number of ether oxygens (including phenoxy) is 1. The molecule has 0 spiro atoms. The lowest BCUT2D eigenvalue weighted by molar-refractivity contribution is -0.383. The summed E-state index contributed by atoms with van der Waals surface area (Å²) in [5, 5.41) is 32.2. The highest BCUT2D eigenvalue weighted by atomic mass is 19.4. The van der Waals surface area contributed by atoms with Crippen LogP contribution >= 0.6 is 0 Å². The smallest absolute Gasteiger partial charge is 0.490 e. The number of aromatic hydroxyl groups is 1. The summed E-state index contributed by atoms with van der Waals surface area (Å²) < 4.78 is 37.0. The number of nitrogens with zero attached hydrogens (tertiary/aromatic N) is 5. The number of fused-ring (bicyclic) bond motifs is 2. The average Bonchev–Trinajstić information content (AvgIpc) is 2.78. The number of carboxylic acid groups (broad SMARTS) is 1. The standard InChI is InChI=1S/C18H14N6O4.C2HF3O2/c1-9-14-12(24(26)27)7-8-13(28-2)15(14)21-17(19-9)23-18-20-11-6-4-3-5-10(11)16(25)22-18;3-2(4,5)1(6)7/h3-8H,1-2H3,(H2,19,20,21,22,23,25);(H,6,7). The number of methoxy groups -OCH3 is 1. The van der Waals surface area contributed by atoms with E-state index in [4.69, 9.17) is 14.6 Å². The SMILES string of the molecule is COc1ccc([N+](=O)[O-])c2c(C)nc(Nc3nc(O)c4ccccc4n3)nc12.O=C(O)C(F)(F)F. The zero-order chi connectivity index (χ0) is 25.9. The molecule has 12 nitrogen and oxygen atoms in total. The minimum Gasteiger partial charge on any atom is -0.494 e. The molecule has 0 saturated heterocycles. The van der Waals surface area contributed by atoms with E-state index in [9.17, 15) is 28.4 Å². The Labute approximate surface area is 193 Å². The number of nitro benzene ring substituents is 1. The number of hydrogen-bond acceptors (Lipinski definition) is 10. The Kier molecular flexibility index (Phi) is 6.79. The molecule has 0 fully saturated rings. The maximum absolute atomic E-state index is 11.4. The van der Waals surface area contributed by atoms with E-state index in [1.54, 1.807) is 31.2 Å². The average molecular weight is 492 g/mol. The summed E-state index contributed by atoms with van der Waals surface area (Å²) in [5.74, 6) is -2.35. The molecule has 4 aromatic rings. The Hall–Kier alpha value is -4.82. The second-order valence-corrected chi connectivity index (χ2v) is 6.72. The van der Waals surface area contributed by atoms with Crippen LogP contribution in [0.3, 0.4) is 0 Å². The molecular formula is C20H15F3N6O6. The van der Waals surface area contributed by atoms with Gasteiger partial charge in [-0.1, -0.05) is 12.1 Å². The summed E-state index contributed by atoms with van der Waals surface area (Å²) in [4.78, 5) is 36.7. The predicted molar refractivity (Wildman–Crippen MR) is 116 cm³/mol. The number of aliphatic carboxylic acids is 1. The fourth-order valence-corrected chi connectivity index (χ4v) is 2.96. The molecule has 2 aromatic heterocycles. The molecule has 182 valence electrons. The number of hydrogen-bond donors (Lipinski definition) is 3. The Morgan fingerprint density at radius 1 is 1.09 bits per heavy atom. The van der Waals surface area contributed by atoms with Gasteiger partial charge in [0.15, 0.2) is 0 Å². The van der Waals surface area contributed by atoms with Crippen LogP contribution in [0.4, 0.5) is 30.8 Å². The number of rotatable bonds is 4. The Morgan fingerprint density at radius 2 is 1.71 bits per heavy atom. The number of carboxylic acids is 1. The van der Waals surface area contributed by atoms with Crippen molar-refractivity contribution >= 4 is 45.4 Å². The van der Waals surface area contributed by atoms with Gasteiger partial charge in [0.25, 0.3) is 5.69 Å². The minimum absolute atomic E-state index is 0.0966. The second-order valence-electron chi connectivity index (χ2n) is 6.72. The first-order chi connectivity index (χ1) is 16.4. The molecule has 2 aromatic carbocycles. The van der Waals surface area contributed by atoms with Gasteiger partial charge in [-0.15, -0.1) is 0 Å². The van der Waals surface area contributed by atoms with E-state index in [1.807, 2.05) is 0 Å². The lowest BCUT2D eigenvalue weighted by Crippen LogP contribution is -2.21. The van der Waals surface area contributed by atoms with Crippen LogP contribution in [0.1, 0.15) is 5.69 Å². The molecule has 2 heterocycles. The number of aryl methyl sites for hydroxylation is 1. The van der Waals surface area contributed by atoms with Gasteiger partial charge >= 0.3 is 12.1 Å². The normalized spacial score (nSPS) is 11.0. The van der Waals surface area contributed by atoms with Crippen LogP contribution in [0, 0.1) is 17.0 Å². The van der Waals surface area contributed by atoms with E-state index in [0.29, 0.717) is 22.3 Å². The molecule has 0 amide bonds. The maximum Gasteiger partial charge on any atom is 0.490 e. The van der Waals surface area contributed by atoms with Crippen LogP contribution in [-0.4, -0.2) is 54.3 Å². The monoisotopic (exact) mass is 492 g/mol. The molecular weight excluding hydrogens is 477 g/mol. The molecule has 0 radical (unpaired) electrons. The summed E-state index contributed by atoms with van der Waals surface area (Å²) in [5.41, 5.74) is 1.11. The molecule has 35 heavy (non-hydrogen) atoms. The zero-order valence-corrected chi connectivity index (χ0v) is 17.9. The number of para-hydroxylation sites is 1. The Balaban J connectivity index is 0.000000429. The van der Waals surface area contributed by atoms with E-state index in [-0.39, 0.29) is 34.4 Å². The second kappa shape index (κ2) is 9.58. The van der Waals surface area contributed by atoms with Crippen molar-refractivity contribution in [1.82, 2.24) is 19.9 Å². The third-order valence-corrected chi connectivity index (χ3v) is 4.44. The number of nitrogens with one attached hydrogen (secondary N) is 1. The molecule has 0 bridgehead atoms. The quantitative estimate of drug-likeness (QED) is 0.279. The van der Waals surface area contributed by atoms with E-state index < -0.39 is 17.1 Å². The van der Waals surface area contributed by atoms with Crippen molar-refractivity contribution in [3.8, 4) is 11.6 Å². The highest BCUT2D eigenvalue weighted by molar-refractivity contribution is 5.95. The summed E-state index contributed by atoms with van der Waals surface area (Å²) in [6, 6.07) is 9.84. The molecule has 0 aliphatic carbocycles. The first kappa shape index (κ1) is 24.8. The summed E-state index contributed by atoms with van der Waals surface area (Å²) in [7, 11) is 1.45. The van der Waals surface area contributed by atoms with Crippen molar-refractivity contribution in [1.29, 1.82) is 0 Å². The highest BCUT2D eigenvalue weighted by Gasteiger charge is 2.38. The number of anilines is 2. The molecule has 0 saturated carbocycles. The van der Waals surface area contributed by atoms with Crippen molar-refractivity contribution in [2.45, 2.75) is 13.1 Å². The number of benzene rings is 2. The van der Waals surface area contributed by atoms with Gasteiger partial charge in [0.05, 0.1) is 28.6 Å². The molecule has 0 aliphatic rings. The van der Waals surface area contributed by atoms with Crippen molar-refractivity contribution in [3.63, 3.8) is 0 Å². The van der Waals surface area contributed by atoms with Crippen molar-refractivity contribution in [2.24, 2.45) is 0 Å². The zero-order valence-electron chi connectivity index (χ0n) is 17.9. The number of aromatic nitrogens is 4. The maximum atomic E-state index is 11.4. The van der Waals surface area contributed by atoms with Crippen LogP contribution in [0.2, 0.25) is 0 Å². The number of non-ortho nitro benzene ring substituents is 1. The van der Waals surface area contributed by atoms with Crippen LogP contribution in [0.5, 0.6) is 11.6 Å². The Bertz CT molecular complexity index is 1450. The summed E-state index contributed by atoms with van der Waals surface area (Å²) >= 11 is 0. The third-order valence-electron chi connectivity index (χ3n) is 4.44. The molecule has 0 unspecified atom stereocenters. The van der Waals surface area contributed by atoms with E-state index in [2.05, 4.69) is 25.3 Å². The summed E-state index contributed by atoms with van der Waals surface area (Å²) in [6.45, 7) is 1.64. The van der Waals surface area contributed by atoms with Crippen LogP contribution < -0.4 is 10.1 Å². The van der Waals surface area contributed by atoms with Gasteiger partial charge in [0, 0.05) is 6.07 Å². The molecule has 15 heteroatoms. The molecule has 0 atom stereocenters. The van der Waals surface area contributed by atoms with E-state index >= 15 is 0 Å². The van der Waals surface area contributed by atoms with E-state index in [1.165, 1.54) is 19.2 Å². The molecule has 0 aliphatic heterocycles. The van der Waals surface area contributed by atoms with Crippen molar-refractivity contribution < 1.29 is 37.8 Å². The number of carbonyl (C=O) groups is 1. The van der Waals surface area contributed by atoms with Crippen molar-refractivity contribution in [3.05, 3.63) is 52.2 Å². The van der Waals surface area contributed by atoms with Crippen LogP contribution in [0.15, 0.2) is 36.4 Å². The van der Waals surface area contributed by atoms with Gasteiger partial charge in [0.2, 0.25) is 17.8 Å². The molecule has 4 rings (SSSR count). The lowest BCUT2D eigenvalue weighted by Gasteiger charge is -2.10. The first-order valence-corrected chi connectivity index (χ1v) is 9.45. The first-order valence-electron chi connectivity index (χ1n) is 9.45. The van der Waals surface area contributed by atoms with Gasteiger partial charge in [-0.25, -0.2) is 19.7 Å². The predicted octanol–water partition coefficient (Wildman–Crippen LogP) is 3.88. The van der Waals surface area contributed by atoms with Gasteiger partial charge < -0.3 is 14.9 Å². The third kappa shape index (κ3) is 5.40. The number of alkyl halides is 3. The lowest BCUT2D eigenvalue weighted by atomic mass is 10.1.